The summed E-state index contributed by atoms with van der Waals surface area (Å²) in [5.41, 5.74) is 1.20. The molecule has 0 spiro atoms. The quantitative estimate of drug-likeness (QED) is 0.825. The Kier molecular flexibility index (Phi) is 4.47. The predicted molar refractivity (Wildman–Crippen MR) is 83.1 cm³/mol. The minimum Gasteiger partial charge on any atom is -0.497 e. The summed E-state index contributed by atoms with van der Waals surface area (Å²) in [4.78, 5) is 14.9. The van der Waals surface area contributed by atoms with Crippen LogP contribution in [0.15, 0.2) is 24.3 Å². The molecule has 21 heavy (non-hydrogen) atoms. The van der Waals surface area contributed by atoms with Gasteiger partial charge < -0.3 is 9.64 Å². The fraction of sp³-hybridized carbons (Fsp3) is 0.611. The van der Waals surface area contributed by atoms with E-state index in [1.165, 1.54) is 37.7 Å². The Morgan fingerprint density at radius 1 is 1.10 bits per heavy atom. The number of benzene rings is 1. The van der Waals surface area contributed by atoms with Crippen molar-refractivity contribution in [1.82, 2.24) is 4.90 Å². The lowest BCUT2D eigenvalue weighted by atomic mass is 9.88. The van der Waals surface area contributed by atoms with Crippen LogP contribution < -0.4 is 4.74 Å². The summed E-state index contributed by atoms with van der Waals surface area (Å²) in [5.74, 6) is 1.54. The van der Waals surface area contributed by atoms with E-state index in [0.29, 0.717) is 11.9 Å². The summed E-state index contributed by atoms with van der Waals surface area (Å²) in [7, 11) is 1.68. The summed E-state index contributed by atoms with van der Waals surface area (Å²) in [6.45, 7) is 0.754. The molecule has 0 aliphatic heterocycles. The van der Waals surface area contributed by atoms with E-state index in [1.54, 1.807) is 7.11 Å². The van der Waals surface area contributed by atoms with Crippen LogP contribution in [0.1, 0.15) is 50.5 Å². The number of rotatable bonds is 5. The number of methoxy groups -OCH3 is 1. The molecule has 1 aromatic rings. The van der Waals surface area contributed by atoms with Crippen molar-refractivity contribution in [1.29, 1.82) is 0 Å². The van der Waals surface area contributed by atoms with Gasteiger partial charge >= 0.3 is 0 Å². The van der Waals surface area contributed by atoms with Gasteiger partial charge in [-0.15, -0.1) is 0 Å². The molecule has 0 unspecified atom stereocenters. The highest BCUT2D eigenvalue weighted by Crippen LogP contribution is 2.33. The van der Waals surface area contributed by atoms with Crippen LogP contribution >= 0.6 is 0 Å². The number of carbonyl (C=O) groups is 1. The molecule has 2 aliphatic carbocycles. The Balaban J connectivity index is 1.67. The second-order valence-corrected chi connectivity index (χ2v) is 6.38. The molecule has 0 heterocycles. The average Bonchev–Trinajstić information content (AvgIpc) is 3.38. The highest BCUT2D eigenvalue weighted by atomic mass is 16.5. The van der Waals surface area contributed by atoms with Gasteiger partial charge in [-0.3, -0.25) is 4.79 Å². The maximum atomic E-state index is 12.8. The van der Waals surface area contributed by atoms with Crippen LogP contribution in [0.2, 0.25) is 0 Å². The van der Waals surface area contributed by atoms with Crippen molar-refractivity contribution in [2.24, 2.45) is 5.92 Å². The first-order valence-electron chi connectivity index (χ1n) is 8.21. The highest BCUT2D eigenvalue weighted by molar-refractivity contribution is 5.79. The molecule has 2 aliphatic rings. The number of nitrogens with zero attached hydrogens (tertiary/aromatic N) is 1. The molecule has 2 saturated carbocycles. The zero-order valence-corrected chi connectivity index (χ0v) is 12.9. The van der Waals surface area contributed by atoms with Crippen molar-refractivity contribution in [3.8, 4) is 5.75 Å². The van der Waals surface area contributed by atoms with Crippen LogP contribution in [0.25, 0.3) is 0 Å². The highest BCUT2D eigenvalue weighted by Gasteiger charge is 2.36. The third kappa shape index (κ3) is 3.58. The van der Waals surface area contributed by atoms with Gasteiger partial charge in [0.1, 0.15) is 5.75 Å². The van der Waals surface area contributed by atoms with Crippen molar-refractivity contribution < 1.29 is 9.53 Å². The Bertz CT molecular complexity index is 472. The predicted octanol–water partition coefficient (Wildman–Crippen LogP) is 3.77. The molecule has 0 aromatic heterocycles. The van der Waals surface area contributed by atoms with Crippen LogP contribution in [0.4, 0.5) is 0 Å². The number of carbonyl (C=O) groups excluding carboxylic acids is 1. The summed E-state index contributed by atoms with van der Waals surface area (Å²) in [6, 6.07) is 8.59. The van der Waals surface area contributed by atoms with Crippen molar-refractivity contribution in [3.05, 3.63) is 29.8 Å². The number of hydrogen-bond acceptors (Lipinski definition) is 2. The van der Waals surface area contributed by atoms with E-state index in [9.17, 15) is 4.79 Å². The minimum atomic E-state index is 0.276. The summed E-state index contributed by atoms with van der Waals surface area (Å²) >= 11 is 0. The standard InChI is InChI=1S/C18H25NO2/c1-21-17-11-7-14(8-12-17)13-19(16-9-10-16)18(20)15-5-3-2-4-6-15/h7-8,11-12,15-16H,2-6,9-10,13H2,1H3. The molecule has 0 radical (unpaired) electrons. The van der Waals surface area contributed by atoms with Gasteiger partial charge in [0.05, 0.1) is 7.11 Å². The molecule has 1 aromatic carbocycles. The SMILES string of the molecule is COc1ccc(CN(C(=O)C2CCCCC2)C2CC2)cc1. The van der Waals surface area contributed by atoms with Crippen LogP contribution in [0.5, 0.6) is 5.75 Å². The van der Waals surface area contributed by atoms with Gasteiger partial charge in [-0.1, -0.05) is 31.4 Å². The van der Waals surface area contributed by atoms with Crippen LogP contribution in [0, 0.1) is 5.92 Å². The molecule has 2 fully saturated rings. The number of ether oxygens (including phenoxy) is 1. The van der Waals surface area contributed by atoms with E-state index in [2.05, 4.69) is 17.0 Å². The second-order valence-electron chi connectivity index (χ2n) is 6.38. The molecule has 1 amide bonds. The largest absolute Gasteiger partial charge is 0.497 e. The van der Waals surface area contributed by atoms with Crippen molar-refractivity contribution in [2.45, 2.75) is 57.5 Å². The van der Waals surface area contributed by atoms with Crippen molar-refractivity contribution in [3.63, 3.8) is 0 Å². The normalized spacial score (nSPS) is 19.3. The molecular weight excluding hydrogens is 262 g/mol. The second kappa shape index (κ2) is 6.50. The van der Waals surface area contributed by atoms with Gasteiger partial charge in [-0.2, -0.15) is 0 Å². The lowest BCUT2D eigenvalue weighted by molar-refractivity contribution is -0.137. The number of amides is 1. The molecule has 3 nitrogen and oxygen atoms in total. The molecule has 0 atom stereocenters. The summed E-state index contributed by atoms with van der Waals surface area (Å²) in [6.07, 6.45) is 8.26. The molecule has 3 heteroatoms. The Labute approximate surface area is 127 Å². The Morgan fingerprint density at radius 3 is 2.33 bits per heavy atom. The smallest absolute Gasteiger partial charge is 0.226 e. The third-order valence-corrected chi connectivity index (χ3v) is 4.74. The first kappa shape index (κ1) is 14.4. The Hall–Kier alpha value is -1.51. The first-order chi connectivity index (χ1) is 10.3. The van der Waals surface area contributed by atoms with Crippen LogP contribution in [-0.2, 0) is 11.3 Å². The zero-order chi connectivity index (χ0) is 14.7. The summed E-state index contributed by atoms with van der Waals surface area (Å²) < 4.78 is 5.20. The lowest BCUT2D eigenvalue weighted by Crippen LogP contribution is -2.38. The van der Waals surface area contributed by atoms with Gasteiger partial charge in [0.2, 0.25) is 5.91 Å². The van der Waals surface area contributed by atoms with Crippen molar-refractivity contribution >= 4 is 5.91 Å². The lowest BCUT2D eigenvalue weighted by Gasteiger charge is -2.29. The van der Waals surface area contributed by atoms with Crippen LogP contribution in [-0.4, -0.2) is 24.0 Å². The zero-order valence-electron chi connectivity index (χ0n) is 12.9. The molecular formula is C18H25NO2. The van der Waals surface area contributed by atoms with Gasteiger partial charge in [-0.05, 0) is 43.4 Å². The maximum absolute atomic E-state index is 12.8. The van der Waals surface area contributed by atoms with E-state index in [0.717, 1.165) is 25.1 Å². The van der Waals surface area contributed by atoms with Gasteiger partial charge in [0.15, 0.2) is 0 Å². The third-order valence-electron chi connectivity index (χ3n) is 4.74. The van der Waals surface area contributed by atoms with E-state index < -0.39 is 0 Å². The van der Waals surface area contributed by atoms with Gasteiger partial charge in [-0.25, -0.2) is 0 Å². The molecule has 0 saturated heterocycles. The molecule has 3 rings (SSSR count). The molecule has 0 bridgehead atoms. The average molecular weight is 287 g/mol. The first-order valence-corrected chi connectivity index (χ1v) is 8.21. The molecule has 0 N–H and O–H groups in total. The fourth-order valence-electron chi connectivity index (χ4n) is 3.28. The summed E-state index contributed by atoms with van der Waals surface area (Å²) in [5, 5.41) is 0. The topological polar surface area (TPSA) is 29.5 Å². The van der Waals surface area contributed by atoms with E-state index in [1.807, 2.05) is 12.1 Å². The van der Waals surface area contributed by atoms with Crippen LogP contribution in [0.3, 0.4) is 0 Å². The van der Waals surface area contributed by atoms with Gasteiger partial charge in [0.25, 0.3) is 0 Å². The van der Waals surface area contributed by atoms with Gasteiger partial charge in [0, 0.05) is 18.5 Å². The maximum Gasteiger partial charge on any atom is 0.226 e. The van der Waals surface area contributed by atoms with Crippen molar-refractivity contribution in [2.75, 3.05) is 7.11 Å². The molecule has 114 valence electrons. The Morgan fingerprint density at radius 2 is 1.76 bits per heavy atom. The van der Waals surface area contributed by atoms with E-state index in [-0.39, 0.29) is 5.92 Å². The fourth-order valence-corrected chi connectivity index (χ4v) is 3.28. The monoisotopic (exact) mass is 287 g/mol. The minimum absolute atomic E-state index is 0.276. The van der Waals surface area contributed by atoms with E-state index >= 15 is 0 Å². The number of hydrogen-bond donors (Lipinski definition) is 0. The van der Waals surface area contributed by atoms with E-state index in [4.69, 9.17) is 4.74 Å².